The van der Waals surface area contributed by atoms with Gasteiger partial charge in [0.25, 0.3) is 5.91 Å². The van der Waals surface area contributed by atoms with Crippen LogP contribution in [-0.2, 0) is 0 Å². The molecule has 40 heavy (non-hydrogen) atoms. The summed E-state index contributed by atoms with van der Waals surface area (Å²) in [7, 11) is 0. The van der Waals surface area contributed by atoms with Gasteiger partial charge in [0.1, 0.15) is 0 Å². The highest BCUT2D eigenvalue weighted by atomic mass is 19.4. The molecule has 1 amide bonds. The van der Waals surface area contributed by atoms with Crippen LogP contribution in [-0.4, -0.2) is 77.4 Å². The quantitative estimate of drug-likeness (QED) is 0.454. The SMILES string of the molecule is O=C(c1ccc(-c2ccc(OCC3CCN(CC4(C(F)(F)F)CCCCC4)CC3)nc2)cc1)N1CCC[C@@H](O)C1. The number of aliphatic hydroxyl groups is 1. The normalized spacial score (nSPS) is 22.7. The molecule has 0 unspecified atom stereocenters. The minimum atomic E-state index is -4.14. The molecule has 5 rings (SSSR count). The molecule has 0 bridgehead atoms. The summed E-state index contributed by atoms with van der Waals surface area (Å²) in [6.07, 6.45) is 3.13. The lowest BCUT2D eigenvalue weighted by Gasteiger charge is -2.44. The van der Waals surface area contributed by atoms with E-state index in [2.05, 4.69) is 4.98 Å². The zero-order valence-corrected chi connectivity index (χ0v) is 23.0. The third-order valence-corrected chi connectivity index (χ3v) is 9.00. The van der Waals surface area contributed by atoms with E-state index in [0.717, 1.165) is 43.2 Å². The number of benzene rings is 1. The number of alkyl halides is 3. The van der Waals surface area contributed by atoms with Gasteiger partial charge >= 0.3 is 6.18 Å². The maximum atomic E-state index is 13.9. The Balaban J connectivity index is 1.08. The van der Waals surface area contributed by atoms with E-state index in [0.29, 0.717) is 63.0 Å². The third kappa shape index (κ3) is 6.79. The average Bonchev–Trinajstić information content (AvgIpc) is 2.97. The van der Waals surface area contributed by atoms with Crippen molar-refractivity contribution < 1.29 is 27.8 Å². The van der Waals surface area contributed by atoms with E-state index in [4.69, 9.17) is 4.74 Å². The molecule has 2 saturated heterocycles. The second-order valence-electron chi connectivity index (χ2n) is 11.9. The van der Waals surface area contributed by atoms with Crippen molar-refractivity contribution in [3.63, 3.8) is 0 Å². The summed E-state index contributed by atoms with van der Waals surface area (Å²) in [5, 5.41) is 9.85. The second kappa shape index (κ2) is 12.5. The Hall–Kier alpha value is -2.65. The van der Waals surface area contributed by atoms with Gasteiger partial charge in [-0.2, -0.15) is 13.2 Å². The molecule has 1 saturated carbocycles. The zero-order chi connectivity index (χ0) is 28.2. The number of hydrogen-bond donors (Lipinski definition) is 1. The highest BCUT2D eigenvalue weighted by molar-refractivity contribution is 5.94. The van der Waals surface area contributed by atoms with E-state index in [1.807, 2.05) is 29.2 Å². The maximum Gasteiger partial charge on any atom is 0.395 e. The Labute approximate surface area is 234 Å². The van der Waals surface area contributed by atoms with Crippen LogP contribution in [0.1, 0.15) is 68.1 Å². The van der Waals surface area contributed by atoms with Crippen molar-refractivity contribution in [2.45, 2.75) is 70.1 Å². The van der Waals surface area contributed by atoms with E-state index in [9.17, 15) is 23.1 Å². The number of rotatable bonds is 7. The van der Waals surface area contributed by atoms with Gasteiger partial charge in [0.2, 0.25) is 5.88 Å². The van der Waals surface area contributed by atoms with Crippen molar-refractivity contribution in [2.24, 2.45) is 11.3 Å². The Morgan fingerprint density at radius 2 is 1.65 bits per heavy atom. The number of aliphatic hydroxyl groups excluding tert-OH is 1. The second-order valence-corrected chi connectivity index (χ2v) is 11.9. The van der Waals surface area contributed by atoms with Crippen LogP contribution in [0, 0.1) is 11.3 Å². The lowest BCUT2D eigenvalue weighted by Crippen LogP contribution is -2.50. The minimum Gasteiger partial charge on any atom is -0.477 e. The summed E-state index contributed by atoms with van der Waals surface area (Å²) in [6.45, 7) is 3.03. The number of aromatic nitrogens is 1. The van der Waals surface area contributed by atoms with Crippen molar-refractivity contribution in [1.82, 2.24) is 14.8 Å². The third-order valence-electron chi connectivity index (χ3n) is 9.00. The molecule has 2 aliphatic heterocycles. The van der Waals surface area contributed by atoms with Crippen molar-refractivity contribution in [2.75, 3.05) is 39.3 Å². The molecule has 1 N–H and O–H groups in total. The molecular formula is C31H40F3N3O3. The number of amides is 1. The lowest BCUT2D eigenvalue weighted by molar-refractivity contribution is -0.240. The first kappa shape index (κ1) is 28.9. The molecule has 9 heteroatoms. The first-order chi connectivity index (χ1) is 19.2. The molecule has 218 valence electrons. The first-order valence-corrected chi connectivity index (χ1v) is 14.7. The number of carbonyl (C=O) groups excluding carboxylic acids is 1. The van der Waals surface area contributed by atoms with E-state index in [1.165, 1.54) is 0 Å². The molecule has 1 aliphatic carbocycles. The van der Waals surface area contributed by atoms with E-state index < -0.39 is 17.7 Å². The van der Waals surface area contributed by atoms with Gasteiger partial charge in [0.05, 0.1) is 18.1 Å². The predicted molar refractivity (Wildman–Crippen MR) is 147 cm³/mol. The summed E-state index contributed by atoms with van der Waals surface area (Å²) >= 11 is 0. The highest BCUT2D eigenvalue weighted by Gasteiger charge is 2.55. The van der Waals surface area contributed by atoms with Crippen LogP contribution in [0.4, 0.5) is 13.2 Å². The van der Waals surface area contributed by atoms with Crippen LogP contribution in [0.3, 0.4) is 0 Å². The van der Waals surface area contributed by atoms with Gasteiger partial charge in [-0.3, -0.25) is 4.79 Å². The molecule has 0 radical (unpaired) electrons. The minimum absolute atomic E-state index is 0.0631. The van der Waals surface area contributed by atoms with Crippen LogP contribution < -0.4 is 4.74 Å². The fourth-order valence-electron chi connectivity index (χ4n) is 6.47. The number of halogens is 3. The number of hydrogen-bond acceptors (Lipinski definition) is 5. The Kier molecular flexibility index (Phi) is 9.00. The standard InChI is InChI=1S/C31H40F3N3O3/c32-31(33,34)30(14-2-1-3-15-30)22-36-17-12-23(13-18-36)21-40-28-11-10-26(19-35-28)24-6-8-25(9-7-24)29(39)37-16-4-5-27(38)20-37/h6-11,19,23,27,38H,1-5,12-18,20-22H2/t27-/m1/s1. The molecular weight excluding hydrogens is 519 g/mol. The predicted octanol–water partition coefficient (Wildman–Crippen LogP) is 5.95. The molecule has 1 atom stereocenters. The van der Waals surface area contributed by atoms with Crippen molar-refractivity contribution in [1.29, 1.82) is 0 Å². The van der Waals surface area contributed by atoms with Crippen molar-refractivity contribution in [3.8, 4) is 17.0 Å². The number of pyridine rings is 1. The number of nitrogens with zero attached hydrogens (tertiary/aromatic N) is 3. The van der Waals surface area contributed by atoms with Gasteiger partial charge in [-0.1, -0.05) is 31.4 Å². The Morgan fingerprint density at radius 1 is 0.950 bits per heavy atom. The Bertz CT molecular complexity index is 1110. The number of likely N-dealkylation sites (tertiary alicyclic amines) is 2. The molecule has 3 fully saturated rings. The topological polar surface area (TPSA) is 65.9 Å². The average molecular weight is 560 g/mol. The molecule has 3 heterocycles. The number of piperidine rings is 2. The summed E-state index contributed by atoms with van der Waals surface area (Å²) in [5.74, 6) is 0.767. The van der Waals surface area contributed by atoms with Crippen molar-refractivity contribution >= 4 is 5.91 Å². The van der Waals surface area contributed by atoms with E-state index in [1.54, 1.807) is 23.2 Å². The van der Waals surface area contributed by atoms with Crippen LogP contribution in [0.15, 0.2) is 42.6 Å². The van der Waals surface area contributed by atoms with Gasteiger partial charge < -0.3 is 19.6 Å². The molecule has 1 aromatic carbocycles. The fourth-order valence-corrected chi connectivity index (χ4v) is 6.47. The van der Waals surface area contributed by atoms with Gasteiger partial charge in [-0.05, 0) is 81.3 Å². The van der Waals surface area contributed by atoms with Gasteiger partial charge in [0.15, 0.2) is 0 Å². The Morgan fingerprint density at radius 3 is 2.27 bits per heavy atom. The molecule has 1 aromatic heterocycles. The van der Waals surface area contributed by atoms with Crippen LogP contribution in [0.5, 0.6) is 5.88 Å². The summed E-state index contributed by atoms with van der Waals surface area (Å²) < 4.78 is 47.7. The van der Waals surface area contributed by atoms with Crippen LogP contribution in [0.2, 0.25) is 0 Å². The largest absolute Gasteiger partial charge is 0.477 e. The van der Waals surface area contributed by atoms with Gasteiger partial charge in [-0.25, -0.2) is 4.98 Å². The summed E-state index contributed by atoms with van der Waals surface area (Å²) in [4.78, 5) is 20.9. The van der Waals surface area contributed by atoms with Gasteiger partial charge in [-0.15, -0.1) is 0 Å². The van der Waals surface area contributed by atoms with E-state index >= 15 is 0 Å². The molecule has 2 aromatic rings. The molecule has 3 aliphatic rings. The number of ether oxygens (including phenoxy) is 1. The smallest absolute Gasteiger partial charge is 0.395 e. The maximum absolute atomic E-state index is 13.9. The van der Waals surface area contributed by atoms with Crippen LogP contribution in [0.25, 0.3) is 11.1 Å². The van der Waals surface area contributed by atoms with Crippen LogP contribution >= 0.6 is 0 Å². The fraction of sp³-hybridized carbons (Fsp3) is 0.613. The van der Waals surface area contributed by atoms with Gasteiger partial charge in [0, 0.05) is 43.0 Å². The first-order valence-electron chi connectivity index (χ1n) is 14.7. The molecule has 6 nitrogen and oxygen atoms in total. The van der Waals surface area contributed by atoms with Crippen molar-refractivity contribution in [3.05, 3.63) is 48.2 Å². The number of carbonyl (C=O) groups is 1. The zero-order valence-electron chi connectivity index (χ0n) is 23.0. The summed E-state index contributed by atoms with van der Waals surface area (Å²) in [6, 6.07) is 11.2. The van der Waals surface area contributed by atoms with E-state index in [-0.39, 0.29) is 25.3 Å². The lowest BCUT2D eigenvalue weighted by atomic mass is 9.72. The molecule has 0 spiro atoms. The monoisotopic (exact) mass is 559 g/mol. The summed E-state index contributed by atoms with van der Waals surface area (Å²) in [5.41, 5.74) is 0.919. The highest BCUT2D eigenvalue weighted by Crippen LogP contribution is 2.49. The number of β-amino-alcohol motifs (C(OH)–C–C–N with tert-alkyl or cyclic N) is 1.